The maximum Gasteiger partial charge on any atom is 0.246 e. The maximum absolute atomic E-state index is 12.6. The standard InChI is InChI=1S/C20H26N6O/c1-15-22-16(14-19(23-15)24-18-9-4-5-11-21-18)17-8-6-13-26(17)20(27)10-7-12-25(2)3/h4-5,7,9-11,14,17H,6,8,12-13H2,1-3H3,(H,21,22,23,24)/b10-7+. The van der Waals surface area contributed by atoms with Crippen LogP contribution in [0.2, 0.25) is 0 Å². The number of rotatable bonds is 6. The third-order valence-electron chi connectivity index (χ3n) is 4.39. The minimum Gasteiger partial charge on any atom is -0.331 e. The summed E-state index contributed by atoms with van der Waals surface area (Å²) in [6.45, 7) is 3.36. The largest absolute Gasteiger partial charge is 0.331 e. The van der Waals surface area contributed by atoms with E-state index >= 15 is 0 Å². The van der Waals surface area contributed by atoms with Gasteiger partial charge in [-0.15, -0.1) is 0 Å². The topological polar surface area (TPSA) is 74.2 Å². The smallest absolute Gasteiger partial charge is 0.246 e. The summed E-state index contributed by atoms with van der Waals surface area (Å²) in [5.74, 6) is 2.13. The van der Waals surface area contributed by atoms with E-state index in [1.165, 1.54) is 0 Å². The molecule has 1 amide bonds. The van der Waals surface area contributed by atoms with Crippen molar-refractivity contribution in [3.63, 3.8) is 0 Å². The zero-order valence-corrected chi connectivity index (χ0v) is 16.1. The summed E-state index contributed by atoms with van der Waals surface area (Å²) in [6, 6.07) is 7.57. The van der Waals surface area contributed by atoms with Crippen molar-refractivity contribution >= 4 is 17.5 Å². The number of carbonyl (C=O) groups excluding carboxylic acids is 1. The van der Waals surface area contributed by atoms with Gasteiger partial charge in [0.15, 0.2) is 0 Å². The SMILES string of the molecule is Cc1nc(Nc2ccccn2)cc(C2CCCN2C(=O)/C=C/CN(C)C)n1. The second-order valence-electron chi connectivity index (χ2n) is 6.92. The van der Waals surface area contributed by atoms with Crippen molar-refractivity contribution in [2.75, 3.05) is 32.5 Å². The summed E-state index contributed by atoms with van der Waals surface area (Å²) >= 11 is 0. The summed E-state index contributed by atoms with van der Waals surface area (Å²) < 4.78 is 0. The van der Waals surface area contributed by atoms with Gasteiger partial charge in [-0.25, -0.2) is 15.0 Å². The second kappa shape index (κ2) is 8.73. The van der Waals surface area contributed by atoms with Crippen LogP contribution in [0.4, 0.5) is 11.6 Å². The highest BCUT2D eigenvalue weighted by Crippen LogP contribution is 2.32. The van der Waals surface area contributed by atoms with Crippen LogP contribution in [0, 0.1) is 6.92 Å². The van der Waals surface area contributed by atoms with Gasteiger partial charge in [-0.1, -0.05) is 12.1 Å². The number of likely N-dealkylation sites (N-methyl/N-ethyl adjacent to an activating group) is 1. The number of pyridine rings is 1. The quantitative estimate of drug-likeness (QED) is 0.793. The fourth-order valence-electron chi connectivity index (χ4n) is 3.19. The molecule has 1 saturated heterocycles. The second-order valence-corrected chi connectivity index (χ2v) is 6.92. The Morgan fingerprint density at radius 2 is 2.19 bits per heavy atom. The van der Waals surface area contributed by atoms with Crippen molar-refractivity contribution in [3.05, 3.63) is 54.1 Å². The summed E-state index contributed by atoms with van der Waals surface area (Å²) in [5.41, 5.74) is 0.868. The van der Waals surface area contributed by atoms with Gasteiger partial charge in [-0.2, -0.15) is 0 Å². The van der Waals surface area contributed by atoms with E-state index in [0.717, 1.165) is 37.4 Å². The van der Waals surface area contributed by atoms with Crippen LogP contribution in [0.1, 0.15) is 30.4 Å². The van der Waals surface area contributed by atoms with Crippen molar-refractivity contribution in [1.29, 1.82) is 0 Å². The number of aryl methyl sites for hydroxylation is 1. The zero-order chi connectivity index (χ0) is 19.2. The van der Waals surface area contributed by atoms with E-state index in [0.29, 0.717) is 11.6 Å². The molecule has 0 aromatic carbocycles. The van der Waals surface area contributed by atoms with Gasteiger partial charge < -0.3 is 15.1 Å². The van der Waals surface area contributed by atoms with Crippen molar-refractivity contribution in [3.8, 4) is 0 Å². The molecule has 3 rings (SSSR count). The number of amides is 1. The molecule has 1 N–H and O–H groups in total. The molecule has 0 aliphatic carbocycles. The molecule has 7 heteroatoms. The number of carbonyl (C=O) groups is 1. The van der Waals surface area contributed by atoms with Gasteiger partial charge in [0.05, 0.1) is 11.7 Å². The molecule has 1 unspecified atom stereocenters. The van der Waals surface area contributed by atoms with Crippen molar-refractivity contribution in [1.82, 2.24) is 24.8 Å². The molecule has 1 atom stereocenters. The Morgan fingerprint density at radius 1 is 1.33 bits per heavy atom. The van der Waals surface area contributed by atoms with Crippen LogP contribution in [0.3, 0.4) is 0 Å². The average Bonchev–Trinajstić information content (AvgIpc) is 3.11. The van der Waals surface area contributed by atoms with Crippen LogP contribution in [0.25, 0.3) is 0 Å². The lowest BCUT2D eigenvalue weighted by Crippen LogP contribution is -2.30. The molecule has 3 heterocycles. The van der Waals surface area contributed by atoms with Gasteiger partial charge in [0.25, 0.3) is 0 Å². The molecule has 27 heavy (non-hydrogen) atoms. The maximum atomic E-state index is 12.6. The molecule has 1 aliphatic heterocycles. The highest BCUT2D eigenvalue weighted by atomic mass is 16.2. The fraction of sp³-hybridized carbons (Fsp3) is 0.400. The van der Waals surface area contributed by atoms with E-state index in [9.17, 15) is 4.79 Å². The predicted molar refractivity (Wildman–Crippen MR) is 106 cm³/mol. The van der Waals surface area contributed by atoms with Crippen molar-refractivity contribution < 1.29 is 4.79 Å². The molecule has 0 radical (unpaired) electrons. The van der Waals surface area contributed by atoms with Gasteiger partial charge >= 0.3 is 0 Å². The van der Waals surface area contributed by atoms with Crippen LogP contribution in [-0.2, 0) is 4.79 Å². The Balaban J connectivity index is 1.78. The first-order valence-corrected chi connectivity index (χ1v) is 9.18. The molecule has 1 aliphatic rings. The highest BCUT2D eigenvalue weighted by Gasteiger charge is 2.30. The minimum atomic E-state index is -0.0208. The molecule has 0 saturated carbocycles. The lowest BCUT2D eigenvalue weighted by Gasteiger charge is -2.23. The van der Waals surface area contributed by atoms with Crippen molar-refractivity contribution in [2.45, 2.75) is 25.8 Å². The third-order valence-corrected chi connectivity index (χ3v) is 4.39. The van der Waals surface area contributed by atoms with E-state index in [-0.39, 0.29) is 11.9 Å². The Morgan fingerprint density at radius 3 is 2.93 bits per heavy atom. The number of nitrogens with zero attached hydrogens (tertiary/aromatic N) is 5. The van der Waals surface area contributed by atoms with E-state index < -0.39 is 0 Å². The molecule has 1 fully saturated rings. The molecule has 2 aromatic rings. The molecule has 7 nitrogen and oxygen atoms in total. The molecular formula is C20H26N6O. The van der Waals surface area contributed by atoms with Gasteiger partial charge in [-0.3, -0.25) is 4.79 Å². The minimum absolute atomic E-state index is 0.0208. The first-order chi connectivity index (χ1) is 13.0. The highest BCUT2D eigenvalue weighted by molar-refractivity contribution is 5.88. The summed E-state index contributed by atoms with van der Waals surface area (Å²) in [4.78, 5) is 29.9. The molecule has 2 aromatic heterocycles. The summed E-state index contributed by atoms with van der Waals surface area (Å²) in [6.07, 6.45) is 7.18. The summed E-state index contributed by atoms with van der Waals surface area (Å²) in [7, 11) is 3.96. The van der Waals surface area contributed by atoms with Crippen LogP contribution >= 0.6 is 0 Å². The number of likely N-dealkylation sites (tertiary alicyclic amines) is 1. The number of hydrogen-bond acceptors (Lipinski definition) is 6. The van der Waals surface area contributed by atoms with Crippen LogP contribution in [0.15, 0.2) is 42.6 Å². The van der Waals surface area contributed by atoms with E-state index in [2.05, 4.69) is 20.3 Å². The predicted octanol–water partition coefficient (Wildman–Crippen LogP) is 2.70. The summed E-state index contributed by atoms with van der Waals surface area (Å²) in [5, 5.41) is 3.21. The Kier molecular flexibility index (Phi) is 6.13. The number of aromatic nitrogens is 3. The van der Waals surface area contributed by atoms with Gasteiger partial charge in [0, 0.05) is 31.4 Å². The van der Waals surface area contributed by atoms with Crippen molar-refractivity contribution in [2.24, 2.45) is 0 Å². The first kappa shape index (κ1) is 19.0. The van der Waals surface area contributed by atoms with Crippen LogP contribution < -0.4 is 5.32 Å². The lowest BCUT2D eigenvalue weighted by atomic mass is 10.1. The Bertz CT molecular complexity index is 805. The zero-order valence-electron chi connectivity index (χ0n) is 16.1. The molecular weight excluding hydrogens is 340 g/mol. The van der Waals surface area contributed by atoms with E-state index in [4.69, 9.17) is 0 Å². The molecule has 0 spiro atoms. The fourth-order valence-corrected chi connectivity index (χ4v) is 3.19. The van der Waals surface area contributed by atoms with Gasteiger partial charge in [0.1, 0.15) is 17.5 Å². The van der Waals surface area contributed by atoms with Gasteiger partial charge in [0.2, 0.25) is 5.91 Å². The van der Waals surface area contributed by atoms with E-state index in [1.54, 1.807) is 12.3 Å². The Hall–Kier alpha value is -2.80. The lowest BCUT2D eigenvalue weighted by molar-refractivity contribution is -0.127. The van der Waals surface area contributed by atoms with Crippen LogP contribution in [0.5, 0.6) is 0 Å². The number of nitrogens with one attached hydrogen (secondary N) is 1. The Labute approximate surface area is 160 Å². The monoisotopic (exact) mass is 366 g/mol. The third kappa shape index (κ3) is 5.10. The number of hydrogen-bond donors (Lipinski definition) is 1. The first-order valence-electron chi connectivity index (χ1n) is 9.18. The van der Waals surface area contributed by atoms with E-state index in [1.807, 2.05) is 61.2 Å². The molecule has 142 valence electrons. The average molecular weight is 366 g/mol. The molecule has 0 bridgehead atoms. The van der Waals surface area contributed by atoms with Gasteiger partial charge in [-0.05, 0) is 46.0 Å². The number of anilines is 2. The van der Waals surface area contributed by atoms with Crippen LogP contribution in [-0.4, -0.2) is 57.8 Å². The normalized spacial score (nSPS) is 17.0.